The number of anilines is 2. The van der Waals surface area contributed by atoms with E-state index in [0.717, 1.165) is 34.6 Å². The Morgan fingerprint density at radius 3 is 2.53 bits per heavy atom. The lowest BCUT2D eigenvalue weighted by Crippen LogP contribution is -2.08. The summed E-state index contributed by atoms with van der Waals surface area (Å²) in [5.41, 5.74) is 6.95. The van der Waals surface area contributed by atoms with Gasteiger partial charge in [0.1, 0.15) is 5.82 Å². The van der Waals surface area contributed by atoms with Crippen molar-refractivity contribution in [1.82, 2.24) is 14.5 Å². The largest absolute Gasteiger partial charge is 0.462 e. The van der Waals surface area contributed by atoms with Gasteiger partial charge in [0.05, 0.1) is 23.6 Å². The molecule has 0 spiro atoms. The summed E-state index contributed by atoms with van der Waals surface area (Å²) in [5, 5.41) is 4.63. The second kappa shape index (κ2) is 10.0. The van der Waals surface area contributed by atoms with Crippen LogP contribution in [-0.2, 0) is 11.3 Å². The number of carbonyl (C=O) groups is 1. The average Bonchev–Trinajstić information content (AvgIpc) is 3.32. The lowest BCUT2D eigenvalue weighted by atomic mass is 9.98. The Kier molecular flexibility index (Phi) is 6.50. The molecule has 0 unspecified atom stereocenters. The third-order valence-electron chi connectivity index (χ3n) is 6.21. The molecular weight excluding hydrogens is 448 g/mol. The topological polar surface area (TPSA) is 69.0 Å². The van der Waals surface area contributed by atoms with Gasteiger partial charge < -0.3 is 14.6 Å². The van der Waals surface area contributed by atoms with Gasteiger partial charge in [-0.05, 0) is 62.7 Å². The van der Waals surface area contributed by atoms with Crippen LogP contribution in [0.5, 0.6) is 0 Å². The molecule has 0 amide bonds. The number of aromatic nitrogens is 3. The highest BCUT2D eigenvalue weighted by atomic mass is 16.5. The minimum absolute atomic E-state index is 0.319. The summed E-state index contributed by atoms with van der Waals surface area (Å²) in [4.78, 5) is 21.9. The molecule has 6 nitrogen and oxygen atoms in total. The maximum Gasteiger partial charge on any atom is 0.340 e. The van der Waals surface area contributed by atoms with E-state index < -0.39 is 0 Å². The number of nitrogens with zero attached hydrogens (tertiary/aromatic N) is 3. The van der Waals surface area contributed by atoms with Crippen LogP contribution in [-0.4, -0.2) is 27.1 Å². The quantitative estimate of drug-likeness (QED) is 0.256. The van der Waals surface area contributed by atoms with E-state index in [-0.39, 0.29) is 5.97 Å². The molecule has 0 aliphatic rings. The van der Waals surface area contributed by atoms with Gasteiger partial charge in [0.25, 0.3) is 0 Å². The van der Waals surface area contributed by atoms with E-state index in [1.165, 1.54) is 10.9 Å². The highest BCUT2D eigenvalue weighted by Crippen LogP contribution is 2.37. The summed E-state index contributed by atoms with van der Waals surface area (Å²) in [6.07, 6.45) is 4.00. The Balaban J connectivity index is 1.61. The van der Waals surface area contributed by atoms with Gasteiger partial charge >= 0.3 is 5.97 Å². The van der Waals surface area contributed by atoms with Gasteiger partial charge in [-0.3, -0.25) is 0 Å². The summed E-state index contributed by atoms with van der Waals surface area (Å²) in [6.45, 7) is 7.08. The fraction of sp³-hybridized carbons (Fsp3) is 0.167. The van der Waals surface area contributed by atoms with Crippen molar-refractivity contribution in [1.29, 1.82) is 0 Å². The SMILES string of the molecule is CCOC(=O)c1ccccc1Nc1ccccc1-c1nc(C)ncc1-c1ccc2c(ccn2CC)c1. The Bertz CT molecular complexity index is 1550. The van der Waals surface area contributed by atoms with E-state index in [1.54, 1.807) is 13.0 Å². The lowest BCUT2D eigenvalue weighted by molar-refractivity contribution is 0.0527. The van der Waals surface area contributed by atoms with Crippen LogP contribution in [0.4, 0.5) is 11.4 Å². The number of carbonyl (C=O) groups excluding carboxylic acids is 1. The van der Waals surface area contributed by atoms with Gasteiger partial charge in [0.2, 0.25) is 0 Å². The zero-order chi connectivity index (χ0) is 25.1. The average molecular weight is 477 g/mol. The first kappa shape index (κ1) is 23.3. The number of para-hydroxylation sites is 2. The number of aryl methyl sites for hydroxylation is 2. The van der Waals surface area contributed by atoms with Crippen LogP contribution in [0.3, 0.4) is 0 Å². The summed E-state index contributed by atoms with van der Waals surface area (Å²) in [7, 11) is 0. The van der Waals surface area contributed by atoms with Gasteiger partial charge in [-0.15, -0.1) is 0 Å². The first-order valence-corrected chi connectivity index (χ1v) is 12.1. The third kappa shape index (κ3) is 4.45. The number of ether oxygens (including phenoxy) is 1. The van der Waals surface area contributed by atoms with Crippen LogP contribution in [0.2, 0.25) is 0 Å². The van der Waals surface area contributed by atoms with Crippen LogP contribution < -0.4 is 5.32 Å². The second-order valence-corrected chi connectivity index (χ2v) is 8.49. The van der Waals surface area contributed by atoms with Crippen LogP contribution in [0.15, 0.2) is 85.2 Å². The van der Waals surface area contributed by atoms with Crippen molar-refractivity contribution in [3.05, 3.63) is 96.6 Å². The molecule has 0 radical (unpaired) electrons. The van der Waals surface area contributed by atoms with Crippen molar-refractivity contribution in [2.75, 3.05) is 11.9 Å². The van der Waals surface area contributed by atoms with E-state index in [2.05, 4.69) is 52.3 Å². The van der Waals surface area contributed by atoms with E-state index in [4.69, 9.17) is 9.72 Å². The molecule has 2 heterocycles. The fourth-order valence-corrected chi connectivity index (χ4v) is 4.45. The van der Waals surface area contributed by atoms with Gasteiger partial charge in [0.15, 0.2) is 0 Å². The van der Waals surface area contributed by atoms with Crippen LogP contribution in [0.1, 0.15) is 30.0 Å². The van der Waals surface area contributed by atoms with Crippen LogP contribution >= 0.6 is 0 Å². The molecule has 0 saturated heterocycles. The zero-order valence-corrected chi connectivity index (χ0v) is 20.7. The monoisotopic (exact) mass is 476 g/mol. The molecule has 5 rings (SSSR count). The Morgan fingerprint density at radius 1 is 0.944 bits per heavy atom. The van der Waals surface area contributed by atoms with E-state index >= 15 is 0 Å². The van der Waals surface area contributed by atoms with Crippen molar-refractivity contribution >= 4 is 28.2 Å². The van der Waals surface area contributed by atoms with E-state index in [1.807, 2.05) is 55.6 Å². The second-order valence-electron chi connectivity index (χ2n) is 8.49. The molecular formula is C30H28N4O2. The molecule has 0 aliphatic heterocycles. The maximum absolute atomic E-state index is 12.5. The number of nitrogens with one attached hydrogen (secondary N) is 1. The number of esters is 1. The molecule has 36 heavy (non-hydrogen) atoms. The van der Waals surface area contributed by atoms with E-state index in [9.17, 15) is 4.79 Å². The van der Waals surface area contributed by atoms with E-state index in [0.29, 0.717) is 23.7 Å². The summed E-state index contributed by atoms with van der Waals surface area (Å²) < 4.78 is 7.49. The van der Waals surface area contributed by atoms with Gasteiger partial charge in [-0.25, -0.2) is 14.8 Å². The number of benzene rings is 3. The number of rotatable bonds is 7. The molecule has 180 valence electrons. The molecule has 6 heteroatoms. The van der Waals surface area contributed by atoms with Crippen molar-refractivity contribution in [2.45, 2.75) is 27.3 Å². The molecule has 1 N–H and O–H groups in total. The Hall–Kier alpha value is -4.45. The number of hydrogen-bond acceptors (Lipinski definition) is 5. The Morgan fingerprint density at radius 2 is 1.72 bits per heavy atom. The predicted octanol–water partition coefficient (Wildman–Crippen LogP) is 7.01. The highest BCUT2D eigenvalue weighted by molar-refractivity contribution is 5.98. The standard InChI is InChI=1S/C30H28N4O2/c1-4-34-17-16-22-18-21(14-15-28(22)34)25-19-31-20(3)32-29(25)23-10-6-8-12-26(23)33-27-13-9-7-11-24(27)30(35)36-5-2/h6-19,33H,4-5H2,1-3H3. The number of fused-ring (bicyclic) bond motifs is 1. The lowest BCUT2D eigenvalue weighted by Gasteiger charge is -2.17. The molecule has 5 aromatic rings. The highest BCUT2D eigenvalue weighted by Gasteiger charge is 2.17. The molecule has 0 saturated carbocycles. The van der Waals surface area contributed by atoms with Crippen LogP contribution in [0.25, 0.3) is 33.3 Å². The van der Waals surface area contributed by atoms with Gasteiger partial charge in [-0.1, -0.05) is 36.4 Å². The van der Waals surface area contributed by atoms with Crippen molar-refractivity contribution in [2.24, 2.45) is 0 Å². The third-order valence-corrected chi connectivity index (χ3v) is 6.21. The fourth-order valence-electron chi connectivity index (χ4n) is 4.45. The molecule has 0 fully saturated rings. The first-order valence-electron chi connectivity index (χ1n) is 12.1. The molecule has 0 bridgehead atoms. The normalized spacial score (nSPS) is 11.0. The molecule has 0 aliphatic carbocycles. The van der Waals surface area contributed by atoms with Crippen molar-refractivity contribution < 1.29 is 9.53 Å². The smallest absolute Gasteiger partial charge is 0.340 e. The minimum Gasteiger partial charge on any atom is -0.462 e. The number of hydrogen-bond donors (Lipinski definition) is 1. The summed E-state index contributed by atoms with van der Waals surface area (Å²) >= 11 is 0. The van der Waals surface area contributed by atoms with Gasteiger partial charge in [-0.2, -0.15) is 0 Å². The Labute approximate surface area is 210 Å². The minimum atomic E-state index is -0.357. The molecule has 2 aromatic heterocycles. The predicted molar refractivity (Wildman–Crippen MR) is 144 cm³/mol. The zero-order valence-electron chi connectivity index (χ0n) is 20.7. The first-order chi connectivity index (χ1) is 17.6. The van der Waals surface area contributed by atoms with Gasteiger partial charge in [0, 0.05) is 46.7 Å². The van der Waals surface area contributed by atoms with Crippen molar-refractivity contribution in [3.63, 3.8) is 0 Å². The molecule has 3 aromatic carbocycles. The molecule has 0 atom stereocenters. The van der Waals surface area contributed by atoms with Crippen LogP contribution in [0, 0.1) is 6.92 Å². The van der Waals surface area contributed by atoms with Crippen molar-refractivity contribution in [3.8, 4) is 22.4 Å². The summed E-state index contributed by atoms with van der Waals surface area (Å²) in [6, 6.07) is 23.9. The summed E-state index contributed by atoms with van der Waals surface area (Å²) in [5.74, 6) is 0.331. The maximum atomic E-state index is 12.5.